The number of fused-ring (bicyclic) bond motifs is 1. The van der Waals surface area contributed by atoms with Gasteiger partial charge in [0.1, 0.15) is 12.4 Å². The Balaban J connectivity index is 1.39. The first kappa shape index (κ1) is 29.1. The van der Waals surface area contributed by atoms with Crippen molar-refractivity contribution >= 4 is 28.8 Å². The van der Waals surface area contributed by atoms with E-state index in [9.17, 15) is 9.59 Å². The second kappa shape index (κ2) is 13.5. The third-order valence-electron chi connectivity index (χ3n) is 6.76. The van der Waals surface area contributed by atoms with E-state index in [1.165, 1.54) is 11.8 Å². The van der Waals surface area contributed by atoms with Crippen molar-refractivity contribution in [3.05, 3.63) is 118 Å². The summed E-state index contributed by atoms with van der Waals surface area (Å²) in [7, 11) is 0. The normalized spacial score (nSPS) is 16.1. The highest BCUT2D eigenvalue weighted by molar-refractivity contribution is 8.16. The molecule has 5 rings (SSSR count). The van der Waals surface area contributed by atoms with E-state index < -0.39 is 12.0 Å². The van der Waals surface area contributed by atoms with E-state index in [0.717, 1.165) is 22.5 Å². The fourth-order valence-electron chi connectivity index (χ4n) is 4.84. The van der Waals surface area contributed by atoms with Gasteiger partial charge in [0.05, 0.1) is 29.8 Å². The molecule has 1 aromatic heterocycles. The maximum Gasteiger partial charge on any atom is 0.338 e. The molecule has 2 aliphatic rings. The summed E-state index contributed by atoms with van der Waals surface area (Å²) < 4.78 is 11.8. The number of thioether (sulfide) groups is 1. The second-order valence-corrected chi connectivity index (χ2v) is 11.1. The lowest BCUT2D eigenvalue weighted by Crippen LogP contribution is -2.38. The highest BCUT2D eigenvalue weighted by atomic mass is 32.2. The first-order valence-corrected chi connectivity index (χ1v) is 14.9. The Bertz CT molecular complexity index is 1520. The van der Waals surface area contributed by atoms with E-state index in [2.05, 4.69) is 10.3 Å². The number of hydrogen-bond acceptors (Lipinski definition) is 8. The van der Waals surface area contributed by atoms with Crippen LogP contribution >= 0.6 is 11.8 Å². The molecule has 8 nitrogen and oxygen atoms in total. The van der Waals surface area contributed by atoms with E-state index >= 15 is 0 Å². The minimum absolute atomic E-state index is 0.115. The van der Waals surface area contributed by atoms with Crippen molar-refractivity contribution in [2.75, 3.05) is 6.54 Å². The quantitative estimate of drug-likeness (QED) is 0.280. The molecule has 0 aliphatic carbocycles. The molecular formula is C33H34N4O4S. The standard InChI is InChI=1S/C33H34N4O4S/c1-22(2)41-32(39)30-23(3)36-33-37(27(21-42-33)19-29(38)35-17-15-26-13-7-8-16-34-26)31(30)25-12-9-14-28(18-25)40-20-24-10-5-4-6-11-24/h4-14,16,18,21-22,31H,15,17,19-20H2,1-3H3,(H,35,38)/t31-/m1/s1. The molecule has 3 heterocycles. The van der Waals surface area contributed by atoms with Gasteiger partial charge in [0.2, 0.25) is 5.91 Å². The number of esters is 1. The van der Waals surface area contributed by atoms with Crippen LogP contribution in [0.2, 0.25) is 0 Å². The van der Waals surface area contributed by atoms with Crippen molar-refractivity contribution in [1.29, 1.82) is 0 Å². The third-order valence-corrected chi connectivity index (χ3v) is 7.65. The number of amides is 1. The molecule has 0 spiro atoms. The van der Waals surface area contributed by atoms with Gasteiger partial charge < -0.3 is 19.7 Å². The lowest BCUT2D eigenvalue weighted by Gasteiger charge is -2.36. The number of allylic oxidation sites excluding steroid dienone is 1. The van der Waals surface area contributed by atoms with Crippen molar-refractivity contribution in [3.63, 3.8) is 0 Å². The molecule has 3 aromatic rings. The Morgan fingerprint density at radius 2 is 1.86 bits per heavy atom. The van der Waals surface area contributed by atoms with Crippen LogP contribution in [0.4, 0.5) is 0 Å². The Kier molecular flexibility index (Phi) is 9.38. The van der Waals surface area contributed by atoms with Gasteiger partial charge in [-0.05, 0) is 61.6 Å². The van der Waals surface area contributed by atoms with Gasteiger partial charge in [0.15, 0.2) is 5.17 Å². The van der Waals surface area contributed by atoms with Crippen LogP contribution in [0.5, 0.6) is 5.75 Å². The summed E-state index contributed by atoms with van der Waals surface area (Å²) in [6.07, 6.45) is 2.23. The molecule has 1 N–H and O–H groups in total. The minimum Gasteiger partial charge on any atom is -0.489 e. The van der Waals surface area contributed by atoms with Crippen LogP contribution in [-0.4, -0.2) is 39.6 Å². The van der Waals surface area contributed by atoms with Gasteiger partial charge in [-0.2, -0.15) is 0 Å². The molecule has 0 saturated carbocycles. The number of nitrogens with zero attached hydrogens (tertiary/aromatic N) is 3. The number of amidine groups is 1. The number of benzene rings is 2. The number of aliphatic imine (C=N–C) groups is 1. The predicted molar refractivity (Wildman–Crippen MR) is 164 cm³/mol. The van der Waals surface area contributed by atoms with E-state index in [0.29, 0.717) is 41.8 Å². The molecule has 42 heavy (non-hydrogen) atoms. The fourth-order valence-corrected chi connectivity index (χ4v) is 5.81. The van der Waals surface area contributed by atoms with E-state index in [1.54, 1.807) is 6.20 Å². The zero-order chi connectivity index (χ0) is 29.5. The van der Waals surface area contributed by atoms with Crippen molar-refractivity contribution < 1.29 is 19.1 Å². The summed E-state index contributed by atoms with van der Waals surface area (Å²) in [5, 5.41) is 5.65. The molecule has 0 bridgehead atoms. The average Bonchev–Trinajstić information content (AvgIpc) is 3.37. The van der Waals surface area contributed by atoms with Crippen LogP contribution in [0.3, 0.4) is 0 Å². The van der Waals surface area contributed by atoms with Crippen LogP contribution in [0.25, 0.3) is 0 Å². The molecule has 0 unspecified atom stereocenters. The van der Waals surface area contributed by atoms with Crippen molar-refractivity contribution in [1.82, 2.24) is 15.2 Å². The van der Waals surface area contributed by atoms with Crippen molar-refractivity contribution in [3.8, 4) is 5.75 Å². The van der Waals surface area contributed by atoms with E-state index in [4.69, 9.17) is 14.5 Å². The molecule has 1 amide bonds. The summed E-state index contributed by atoms with van der Waals surface area (Å²) in [4.78, 5) is 37.5. The van der Waals surface area contributed by atoms with Crippen LogP contribution in [0.15, 0.2) is 106 Å². The number of aromatic nitrogens is 1. The summed E-state index contributed by atoms with van der Waals surface area (Å²) in [5.74, 6) is 0.136. The van der Waals surface area contributed by atoms with Crippen molar-refractivity contribution in [2.24, 2.45) is 4.99 Å². The van der Waals surface area contributed by atoms with Crippen molar-refractivity contribution in [2.45, 2.75) is 52.4 Å². The van der Waals surface area contributed by atoms with Crippen LogP contribution < -0.4 is 10.1 Å². The second-order valence-electron chi connectivity index (χ2n) is 10.3. The third kappa shape index (κ3) is 7.09. The summed E-state index contributed by atoms with van der Waals surface area (Å²) in [6, 6.07) is 22.9. The smallest absolute Gasteiger partial charge is 0.338 e. The van der Waals surface area contributed by atoms with Gasteiger partial charge >= 0.3 is 5.97 Å². The summed E-state index contributed by atoms with van der Waals surface area (Å²) >= 11 is 1.45. The number of carbonyl (C=O) groups is 2. The Labute approximate surface area is 250 Å². The lowest BCUT2D eigenvalue weighted by molar-refractivity contribution is -0.143. The number of nitrogens with one attached hydrogen (secondary N) is 1. The van der Waals surface area contributed by atoms with Gasteiger partial charge in [0, 0.05) is 30.6 Å². The van der Waals surface area contributed by atoms with Gasteiger partial charge in [-0.1, -0.05) is 60.3 Å². The van der Waals surface area contributed by atoms with Crippen LogP contribution in [-0.2, 0) is 27.4 Å². The highest BCUT2D eigenvalue weighted by Crippen LogP contribution is 2.45. The fraction of sp³-hybridized carbons (Fsp3) is 0.273. The number of carbonyl (C=O) groups excluding carboxylic acids is 2. The molecule has 2 aliphatic heterocycles. The Morgan fingerprint density at radius 1 is 1.05 bits per heavy atom. The lowest BCUT2D eigenvalue weighted by atomic mass is 9.93. The Morgan fingerprint density at radius 3 is 2.62 bits per heavy atom. The highest BCUT2D eigenvalue weighted by Gasteiger charge is 2.41. The number of pyridine rings is 1. The van der Waals surface area contributed by atoms with Crippen LogP contribution in [0, 0.1) is 0 Å². The minimum atomic E-state index is -0.536. The SMILES string of the molecule is CC1=C(C(=O)OC(C)C)[C@@H](c2cccc(OCc3ccccc3)c2)N2C(CC(=O)NCCc3ccccn3)=CSC2=N1. The molecule has 9 heteroatoms. The van der Waals surface area contributed by atoms with Gasteiger partial charge in [-0.25, -0.2) is 9.79 Å². The molecule has 0 fully saturated rings. The molecule has 216 valence electrons. The summed E-state index contributed by atoms with van der Waals surface area (Å²) in [5.41, 5.74) is 4.61. The molecule has 1 atom stereocenters. The average molecular weight is 583 g/mol. The molecule has 0 radical (unpaired) electrons. The number of ether oxygens (including phenoxy) is 2. The zero-order valence-corrected chi connectivity index (χ0v) is 24.8. The van der Waals surface area contributed by atoms with Gasteiger partial charge in [-0.15, -0.1) is 0 Å². The first-order chi connectivity index (χ1) is 20.4. The van der Waals surface area contributed by atoms with Gasteiger partial charge in [0.25, 0.3) is 0 Å². The predicted octanol–water partition coefficient (Wildman–Crippen LogP) is 5.94. The molecule has 2 aromatic carbocycles. The zero-order valence-electron chi connectivity index (χ0n) is 23.9. The number of hydrogen-bond donors (Lipinski definition) is 1. The molecular weight excluding hydrogens is 548 g/mol. The van der Waals surface area contributed by atoms with E-state index in [1.807, 2.05) is 104 Å². The van der Waals surface area contributed by atoms with E-state index in [-0.39, 0.29) is 18.4 Å². The maximum absolute atomic E-state index is 13.5. The maximum atomic E-state index is 13.5. The Hall–Kier alpha value is -4.37. The largest absolute Gasteiger partial charge is 0.489 e. The monoisotopic (exact) mass is 582 g/mol. The van der Waals surface area contributed by atoms with Gasteiger partial charge in [-0.3, -0.25) is 9.78 Å². The number of rotatable bonds is 11. The molecule has 0 saturated heterocycles. The van der Waals surface area contributed by atoms with Crippen LogP contribution in [0.1, 0.15) is 50.1 Å². The topological polar surface area (TPSA) is 93.1 Å². The summed E-state index contributed by atoms with van der Waals surface area (Å²) in [6.45, 7) is 6.37. The first-order valence-electron chi connectivity index (χ1n) is 14.0.